The number of carbonyl (C=O) groups is 1. The Morgan fingerprint density at radius 3 is 2.56 bits per heavy atom. The van der Waals surface area contributed by atoms with Crippen molar-refractivity contribution in [3.8, 4) is 0 Å². The molecule has 0 bridgehead atoms. The lowest BCUT2D eigenvalue weighted by Crippen LogP contribution is -2.22. The van der Waals surface area contributed by atoms with Gasteiger partial charge in [0.1, 0.15) is 5.82 Å². The molecule has 1 aromatic carbocycles. The van der Waals surface area contributed by atoms with Gasteiger partial charge in [0.15, 0.2) is 0 Å². The van der Waals surface area contributed by atoms with Crippen molar-refractivity contribution >= 4 is 17.3 Å². The maximum Gasteiger partial charge on any atom is 0.307 e. The molecule has 0 unspecified atom stereocenters. The lowest BCUT2D eigenvalue weighted by atomic mass is 10.2. The molecule has 86 valence electrons. The molecule has 0 spiro atoms. The van der Waals surface area contributed by atoms with E-state index in [-0.39, 0.29) is 0 Å². The summed E-state index contributed by atoms with van der Waals surface area (Å²) >= 11 is 0. The number of nitrogens with two attached hydrogens (primary N) is 1. The molecule has 16 heavy (non-hydrogen) atoms. The third-order valence-corrected chi connectivity index (χ3v) is 1.69. The third-order valence-electron chi connectivity index (χ3n) is 1.69. The molecule has 1 aromatic rings. The second-order valence-electron chi connectivity index (χ2n) is 2.79. The minimum absolute atomic E-state index is 0.324. The van der Waals surface area contributed by atoms with E-state index in [4.69, 9.17) is 5.73 Å². The maximum absolute atomic E-state index is 13.1. The first-order chi connectivity index (χ1) is 7.45. The fourth-order valence-corrected chi connectivity index (χ4v) is 0.974. The molecular formula is C8H7F2N3O3. The van der Waals surface area contributed by atoms with Gasteiger partial charge in [-0.3, -0.25) is 14.9 Å². The summed E-state index contributed by atoms with van der Waals surface area (Å²) < 4.78 is 26.0. The highest BCUT2D eigenvalue weighted by atomic mass is 19.1. The van der Waals surface area contributed by atoms with Gasteiger partial charge in [0.25, 0.3) is 0 Å². The summed E-state index contributed by atoms with van der Waals surface area (Å²) in [6.45, 7) is -0.412. The van der Waals surface area contributed by atoms with Crippen LogP contribution >= 0.6 is 0 Å². The summed E-state index contributed by atoms with van der Waals surface area (Å²) in [4.78, 5) is 20.2. The van der Waals surface area contributed by atoms with Crippen LogP contribution in [0.1, 0.15) is 0 Å². The second kappa shape index (κ2) is 4.62. The van der Waals surface area contributed by atoms with E-state index in [0.717, 1.165) is 0 Å². The van der Waals surface area contributed by atoms with Crippen molar-refractivity contribution in [1.82, 2.24) is 0 Å². The van der Waals surface area contributed by atoms with Crippen LogP contribution in [0.25, 0.3) is 0 Å². The van der Waals surface area contributed by atoms with Gasteiger partial charge in [-0.15, -0.1) is 0 Å². The molecule has 8 heteroatoms. The number of amides is 1. The number of nitro benzene ring substituents is 1. The zero-order valence-electron chi connectivity index (χ0n) is 7.87. The highest BCUT2D eigenvalue weighted by Gasteiger charge is 2.19. The number of benzene rings is 1. The molecule has 3 N–H and O–H groups in total. The van der Waals surface area contributed by atoms with Crippen LogP contribution in [0, 0.1) is 21.7 Å². The normalized spacial score (nSPS) is 9.94. The molecule has 0 aromatic heterocycles. The van der Waals surface area contributed by atoms with Crippen molar-refractivity contribution in [1.29, 1.82) is 0 Å². The summed E-state index contributed by atoms with van der Waals surface area (Å²) in [5, 5.41) is 12.3. The van der Waals surface area contributed by atoms with Gasteiger partial charge in [-0.25, -0.2) is 4.39 Å². The molecule has 1 rings (SSSR count). The van der Waals surface area contributed by atoms with Gasteiger partial charge < -0.3 is 11.1 Å². The first kappa shape index (κ1) is 12.0. The van der Waals surface area contributed by atoms with E-state index in [1.165, 1.54) is 0 Å². The SMILES string of the molecule is NCC(=O)Nc1cc([N+](=O)[O-])c(F)cc1F. The van der Waals surface area contributed by atoms with Crippen molar-refractivity contribution in [3.05, 3.63) is 33.9 Å². The van der Waals surface area contributed by atoms with Crippen LogP contribution in [0.5, 0.6) is 0 Å². The minimum Gasteiger partial charge on any atom is -0.322 e. The van der Waals surface area contributed by atoms with Gasteiger partial charge in [0.05, 0.1) is 17.2 Å². The summed E-state index contributed by atoms with van der Waals surface area (Å²) in [5.41, 5.74) is 3.55. The van der Waals surface area contributed by atoms with E-state index < -0.39 is 40.4 Å². The van der Waals surface area contributed by atoms with Gasteiger partial charge >= 0.3 is 5.69 Å². The number of anilines is 1. The van der Waals surface area contributed by atoms with E-state index >= 15 is 0 Å². The number of nitro groups is 1. The van der Waals surface area contributed by atoms with Crippen LogP contribution in [-0.2, 0) is 4.79 Å². The highest BCUT2D eigenvalue weighted by Crippen LogP contribution is 2.24. The molecule has 0 fully saturated rings. The first-order valence-corrected chi connectivity index (χ1v) is 4.09. The fourth-order valence-electron chi connectivity index (χ4n) is 0.974. The molecule has 0 heterocycles. The van der Waals surface area contributed by atoms with Gasteiger partial charge in [-0.05, 0) is 0 Å². The Labute approximate surface area is 88.2 Å². The quantitative estimate of drug-likeness (QED) is 0.592. The van der Waals surface area contributed by atoms with Gasteiger partial charge in [0.2, 0.25) is 11.7 Å². The van der Waals surface area contributed by atoms with Crippen molar-refractivity contribution in [2.75, 3.05) is 11.9 Å². The smallest absolute Gasteiger partial charge is 0.307 e. The highest BCUT2D eigenvalue weighted by molar-refractivity contribution is 5.92. The summed E-state index contributed by atoms with van der Waals surface area (Å²) in [6, 6.07) is 0.919. The molecule has 0 aliphatic rings. The van der Waals surface area contributed by atoms with Crippen molar-refractivity contribution < 1.29 is 18.5 Å². The van der Waals surface area contributed by atoms with Gasteiger partial charge in [-0.1, -0.05) is 0 Å². The third kappa shape index (κ3) is 2.48. The number of hydrogen-bond acceptors (Lipinski definition) is 4. The van der Waals surface area contributed by atoms with Crippen molar-refractivity contribution in [2.24, 2.45) is 5.73 Å². The maximum atomic E-state index is 13.1. The molecule has 6 nitrogen and oxygen atoms in total. The van der Waals surface area contributed by atoms with Gasteiger partial charge in [-0.2, -0.15) is 4.39 Å². The molecule has 0 saturated carbocycles. The second-order valence-corrected chi connectivity index (χ2v) is 2.79. The standard InChI is InChI=1S/C8H7F2N3O3/c9-4-1-5(10)7(13(15)16)2-6(4)12-8(14)3-11/h1-2H,3,11H2,(H,12,14). The average Bonchev–Trinajstić information content (AvgIpc) is 2.21. The Balaban J connectivity index is 3.14. The van der Waals surface area contributed by atoms with Crippen LogP contribution < -0.4 is 11.1 Å². The van der Waals surface area contributed by atoms with E-state index in [0.29, 0.717) is 12.1 Å². The average molecular weight is 231 g/mol. The summed E-state index contributed by atoms with van der Waals surface area (Å²) in [6.07, 6.45) is 0. The Morgan fingerprint density at radius 2 is 2.06 bits per heavy atom. The molecule has 0 saturated heterocycles. The van der Waals surface area contributed by atoms with Crippen molar-refractivity contribution in [2.45, 2.75) is 0 Å². The number of halogens is 2. The van der Waals surface area contributed by atoms with Crippen LogP contribution in [-0.4, -0.2) is 17.4 Å². The zero-order valence-corrected chi connectivity index (χ0v) is 7.87. The van der Waals surface area contributed by atoms with E-state index in [2.05, 4.69) is 0 Å². The van der Waals surface area contributed by atoms with Crippen molar-refractivity contribution in [3.63, 3.8) is 0 Å². The zero-order chi connectivity index (χ0) is 12.3. The lowest BCUT2D eigenvalue weighted by Gasteiger charge is -2.05. The predicted octanol–water partition coefficient (Wildman–Crippen LogP) is 0.770. The topological polar surface area (TPSA) is 98.3 Å². The Morgan fingerprint density at radius 1 is 1.44 bits per heavy atom. The van der Waals surface area contributed by atoms with E-state index in [1.807, 2.05) is 5.32 Å². The Bertz CT molecular complexity index is 450. The minimum atomic E-state index is -1.31. The van der Waals surface area contributed by atoms with Crippen LogP contribution in [0.3, 0.4) is 0 Å². The number of nitrogens with one attached hydrogen (secondary N) is 1. The number of rotatable bonds is 3. The van der Waals surface area contributed by atoms with Crippen LogP contribution in [0.15, 0.2) is 12.1 Å². The Kier molecular flexibility index (Phi) is 3.46. The molecule has 0 aliphatic carbocycles. The number of carbonyl (C=O) groups excluding carboxylic acids is 1. The van der Waals surface area contributed by atoms with E-state index in [9.17, 15) is 23.7 Å². The first-order valence-electron chi connectivity index (χ1n) is 4.09. The largest absolute Gasteiger partial charge is 0.322 e. The number of hydrogen-bond donors (Lipinski definition) is 2. The number of nitrogens with zero attached hydrogens (tertiary/aromatic N) is 1. The predicted molar refractivity (Wildman–Crippen MR) is 50.7 cm³/mol. The molecule has 0 aliphatic heterocycles. The van der Waals surface area contributed by atoms with Gasteiger partial charge in [0, 0.05) is 12.1 Å². The fraction of sp³-hybridized carbons (Fsp3) is 0.125. The van der Waals surface area contributed by atoms with Crippen LogP contribution in [0.2, 0.25) is 0 Å². The molecular weight excluding hydrogens is 224 g/mol. The Hall–Kier alpha value is -2.09. The summed E-state index contributed by atoms with van der Waals surface area (Å²) in [7, 11) is 0. The van der Waals surface area contributed by atoms with E-state index in [1.54, 1.807) is 0 Å². The summed E-state index contributed by atoms with van der Waals surface area (Å²) in [5.74, 6) is -3.15. The molecule has 1 amide bonds. The monoisotopic (exact) mass is 231 g/mol. The lowest BCUT2D eigenvalue weighted by molar-refractivity contribution is -0.387. The molecule has 0 atom stereocenters. The van der Waals surface area contributed by atoms with Crippen LogP contribution in [0.4, 0.5) is 20.2 Å². The molecule has 0 radical (unpaired) electrons.